The first kappa shape index (κ1) is 14.7. The number of hydrogen-bond donors (Lipinski definition) is 1. The molecule has 4 nitrogen and oxygen atoms in total. The van der Waals surface area contributed by atoms with Crippen LogP contribution in [0.2, 0.25) is 0 Å². The second-order valence-electron chi connectivity index (χ2n) is 5.98. The molecule has 1 aromatic carbocycles. The molecule has 1 atom stereocenters. The molecule has 0 radical (unpaired) electrons. The maximum atomic E-state index is 13.2. The normalized spacial score (nSPS) is 13.4. The fraction of sp³-hybridized carbons (Fsp3) is 0.467. The van der Waals surface area contributed by atoms with Gasteiger partial charge in [0.1, 0.15) is 5.82 Å². The largest absolute Gasteiger partial charge is 0.304 e. The predicted octanol–water partition coefficient (Wildman–Crippen LogP) is 3.02. The first-order chi connectivity index (χ1) is 9.36. The zero-order valence-electron chi connectivity index (χ0n) is 12.4. The fourth-order valence-corrected chi connectivity index (χ4v) is 1.86. The summed E-state index contributed by atoms with van der Waals surface area (Å²) < 4.78 is 15.0. The molecule has 0 unspecified atom stereocenters. The van der Waals surface area contributed by atoms with Crippen molar-refractivity contribution >= 4 is 0 Å². The van der Waals surface area contributed by atoms with Crippen LogP contribution in [0.4, 0.5) is 4.39 Å². The summed E-state index contributed by atoms with van der Waals surface area (Å²) >= 11 is 0. The van der Waals surface area contributed by atoms with Crippen LogP contribution in [0, 0.1) is 5.82 Å². The van der Waals surface area contributed by atoms with Gasteiger partial charge in [0.05, 0.1) is 17.4 Å². The topological polar surface area (TPSA) is 42.7 Å². The molecule has 0 amide bonds. The number of halogens is 1. The summed E-state index contributed by atoms with van der Waals surface area (Å²) in [7, 11) is 0. The molecule has 0 fully saturated rings. The van der Waals surface area contributed by atoms with Crippen molar-refractivity contribution in [2.24, 2.45) is 0 Å². The lowest BCUT2D eigenvalue weighted by Crippen LogP contribution is -2.22. The van der Waals surface area contributed by atoms with Crippen LogP contribution < -0.4 is 5.32 Å². The van der Waals surface area contributed by atoms with Crippen LogP contribution in [0.15, 0.2) is 30.5 Å². The molecule has 1 heterocycles. The van der Waals surface area contributed by atoms with Crippen LogP contribution in [-0.2, 0) is 12.1 Å². The van der Waals surface area contributed by atoms with Gasteiger partial charge in [0.25, 0.3) is 0 Å². The van der Waals surface area contributed by atoms with E-state index >= 15 is 0 Å². The van der Waals surface area contributed by atoms with Gasteiger partial charge in [-0.15, -0.1) is 5.10 Å². The second kappa shape index (κ2) is 5.71. The highest BCUT2D eigenvalue weighted by molar-refractivity contribution is 5.19. The Morgan fingerprint density at radius 1 is 1.35 bits per heavy atom. The number of hydrogen-bond acceptors (Lipinski definition) is 3. The van der Waals surface area contributed by atoms with E-state index in [4.69, 9.17) is 0 Å². The number of nitrogens with zero attached hydrogens (tertiary/aromatic N) is 3. The molecule has 108 valence electrons. The van der Waals surface area contributed by atoms with E-state index in [1.54, 1.807) is 12.1 Å². The molecular weight excluding hydrogens is 255 g/mol. The third kappa shape index (κ3) is 3.63. The quantitative estimate of drug-likeness (QED) is 0.933. The van der Waals surface area contributed by atoms with Gasteiger partial charge in [0.15, 0.2) is 0 Å². The highest BCUT2D eigenvalue weighted by atomic mass is 19.1. The van der Waals surface area contributed by atoms with E-state index in [9.17, 15) is 4.39 Å². The maximum Gasteiger partial charge on any atom is 0.123 e. The van der Waals surface area contributed by atoms with Gasteiger partial charge in [-0.3, -0.25) is 0 Å². The monoisotopic (exact) mass is 276 g/mol. The zero-order valence-corrected chi connectivity index (χ0v) is 12.4. The minimum absolute atomic E-state index is 0.0606. The second-order valence-corrected chi connectivity index (χ2v) is 5.98. The van der Waals surface area contributed by atoms with E-state index in [2.05, 4.69) is 36.4 Å². The molecule has 0 aliphatic rings. The summed E-state index contributed by atoms with van der Waals surface area (Å²) in [4.78, 5) is 0. The number of rotatable bonds is 4. The van der Waals surface area contributed by atoms with Gasteiger partial charge in [-0.1, -0.05) is 17.3 Å². The van der Waals surface area contributed by atoms with Crippen molar-refractivity contribution in [1.82, 2.24) is 20.3 Å². The molecular formula is C15H21FN4. The third-order valence-corrected chi connectivity index (χ3v) is 3.17. The summed E-state index contributed by atoms with van der Waals surface area (Å²) in [6.45, 7) is 8.84. The van der Waals surface area contributed by atoms with Gasteiger partial charge in [-0.05, 0) is 45.4 Å². The Bertz CT molecular complexity index is 571. The van der Waals surface area contributed by atoms with Crippen molar-refractivity contribution in [2.75, 3.05) is 0 Å². The fourth-order valence-electron chi connectivity index (χ4n) is 1.86. The maximum absolute atomic E-state index is 13.2. The van der Waals surface area contributed by atoms with E-state index in [-0.39, 0.29) is 17.4 Å². The van der Waals surface area contributed by atoms with Crippen molar-refractivity contribution in [3.8, 4) is 0 Å². The summed E-state index contributed by atoms with van der Waals surface area (Å²) in [6, 6.07) is 6.69. The summed E-state index contributed by atoms with van der Waals surface area (Å²) in [5, 5.41) is 11.6. The molecule has 1 aromatic heterocycles. The van der Waals surface area contributed by atoms with Crippen LogP contribution in [0.3, 0.4) is 0 Å². The Morgan fingerprint density at radius 3 is 2.70 bits per heavy atom. The van der Waals surface area contributed by atoms with Gasteiger partial charge in [-0.2, -0.15) is 0 Å². The molecule has 0 aliphatic heterocycles. The molecule has 0 saturated heterocycles. The Balaban J connectivity index is 1.97. The third-order valence-electron chi connectivity index (χ3n) is 3.17. The lowest BCUT2D eigenvalue weighted by Gasteiger charge is -2.17. The molecule has 2 aromatic rings. The molecule has 0 saturated carbocycles. The Labute approximate surface area is 119 Å². The highest BCUT2D eigenvalue weighted by Gasteiger charge is 2.15. The number of benzene rings is 1. The number of nitrogens with one attached hydrogen (secondary N) is 1. The van der Waals surface area contributed by atoms with Gasteiger partial charge in [0.2, 0.25) is 0 Å². The first-order valence-electron chi connectivity index (χ1n) is 6.77. The van der Waals surface area contributed by atoms with Crippen molar-refractivity contribution in [3.05, 3.63) is 47.5 Å². The Hall–Kier alpha value is -1.75. The first-order valence-corrected chi connectivity index (χ1v) is 6.77. The van der Waals surface area contributed by atoms with E-state index in [0.29, 0.717) is 6.54 Å². The van der Waals surface area contributed by atoms with Crippen molar-refractivity contribution in [1.29, 1.82) is 0 Å². The molecule has 20 heavy (non-hydrogen) atoms. The smallest absolute Gasteiger partial charge is 0.123 e. The van der Waals surface area contributed by atoms with Crippen LogP contribution in [0.5, 0.6) is 0 Å². The average Bonchev–Trinajstić information content (AvgIpc) is 2.84. The minimum Gasteiger partial charge on any atom is -0.304 e. The van der Waals surface area contributed by atoms with Crippen LogP contribution in [0.1, 0.15) is 45.0 Å². The summed E-state index contributed by atoms with van der Waals surface area (Å²) in [5.74, 6) is -0.213. The SMILES string of the molecule is C[C@H](NCc1cn(C(C)(C)C)nn1)c1cccc(F)c1. The standard InChI is InChI=1S/C15H21FN4/c1-11(12-6-5-7-13(16)8-12)17-9-14-10-20(19-18-14)15(2,3)4/h5-8,10-11,17H,9H2,1-4H3/t11-/m0/s1. The van der Waals surface area contributed by atoms with Crippen LogP contribution in [0.25, 0.3) is 0 Å². The lowest BCUT2D eigenvalue weighted by molar-refractivity contribution is 0.347. The number of aromatic nitrogens is 3. The minimum atomic E-state index is -0.213. The zero-order chi connectivity index (χ0) is 14.8. The van der Waals surface area contributed by atoms with Gasteiger partial charge in [-0.25, -0.2) is 9.07 Å². The van der Waals surface area contributed by atoms with Gasteiger partial charge < -0.3 is 5.32 Å². The molecule has 0 spiro atoms. The van der Waals surface area contributed by atoms with Gasteiger partial charge >= 0.3 is 0 Å². The average molecular weight is 276 g/mol. The Kier molecular flexibility index (Phi) is 4.18. The molecule has 0 aliphatic carbocycles. The van der Waals surface area contributed by atoms with E-state index < -0.39 is 0 Å². The summed E-state index contributed by atoms with van der Waals surface area (Å²) in [5.41, 5.74) is 1.73. The van der Waals surface area contributed by atoms with Crippen molar-refractivity contribution in [2.45, 2.75) is 45.8 Å². The van der Waals surface area contributed by atoms with E-state index in [1.807, 2.05) is 23.9 Å². The van der Waals surface area contributed by atoms with E-state index in [0.717, 1.165) is 11.3 Å². The van der Waals surface area contributed by atoms with Crippen molar-refractivity contribution in [3.63, 3.8) is 0 Å². The lowest BCUT2D eigenvalue weighted by atomic mass is 10.1. The summed E-state index contributed by atoms with van der Waals surface area (Å²) in [6.07, 6.45) is 1.94. The van der Waals surface area contributed by atoms with Crippen LogP contribution >= 0.6 is 0 Å². The molecule has 5 heteroatoms. The predicted molar refractivity (Wildman–Crippen MR) is 76.7 cm³/mol. The highest BCUT2D eigenvalue weighted by Crippen LogP contribution is 2.15. The van der Waals surface area contributed by atoms with Gasteiger partial charge in [0, 0.05) is 12.6 Å². The Morgan fingerprint density at radius 2 is 2.10 bits per heavy atom. The van der Waals surface area contributed by atoms with Crippen LogP contribution in [-0.4, -0.2) is 15.0 Å². The molecule has 2 rings (SSSR count). The van der Waals surface area contributed by atoms with Crippen molar-refractivity contribution < 1.29 is 4.39 Å². The molecule has 1 N–H and O–H groups in total. The molecule has 0 bridgehead atoms. The van der Waals surface area contributed by atoms with E-state index in [1.165, 1.54) is 6.07 Å².